The highest BCUT2D eigenvalue weighted by Crippen LogP contribution is 2.26. The number of rotatable bonds is 1. The molecule has 2 N–H and O–H groups in total. The van der Waals surface area contributed by atoms with Gasteiger partial charge in [0, 0.05) is 10.6 Å². The van der Waals surface area contributed by atoms with Gasteiger partial charge in [-0.2, -0.15) is 0 Å². The van der Waals surface area contributed by atoms with E-state index in [0.717, 1.165) is 16.1 Å². The molecule has 0 aliphatic carbocycles. The predicted octanol–water partition coefficient (Wildman–Crippen LogP) is 4.23. The maximum Gasteiger partial charge on any atom is 0.503 e. The summed E-state index contributed by atoms with van der Waals surface area (Å²) in [5, 5.41) is 14.7. The average molecular weight is 251 g/mol. The fourth-order valence-corrected chi connectivity index (χ4v) is 1.56. The van der Waals surface area contributed by atoms with Crippen molar-refractivity contribution >= 4 is 17.8 Å². The van der Waals surface area contributed by atoms with E-state index >= 15 is 0 Å². The number of benzene rings is 2. The Kier molecular flexibility index (Phi) is 5.04. The molecule has 0 aliphatic rings. The summed E-state index contributed by atoms with van der Waals surface area (Å²) in [6.07, 6.45) is -1.83. The topological polar surface area (TPSA) is 57.5 Å². The van der Waals surface area contributed by atoms with E-state index in [1.165, 1.54) is 0 Å². The normalized spacial score (nSPS) is 9.00. The molecule has 0 fully saturated rings. The monoisotopic (exact) mass is 250 g/mol. The van der Waals surface area contributed by atoms with Crippen LogP contribution in [0.4, 0.5) is 4.79 Å². The Bertz CT molecular complexity index is 479. The third kappa shape index (κ3) is 4.57. The molecule has 17 heavy (non-hydrogen) atoms. The zero-order valence-corrected chi connectivity index (χ0v) is 9.63. The first kappa shape index (κ1) is 13.1. The van der Waals surface area contributed by atoms with Crippen molar-refractivity contribution in [3.63, 3.8) is 0 Å². The van der Waals surface area contributed by atoms with E-state index < -0.39 is 6.16 Å². The van der Waals surface area contributed by atoms with Gasteiger partial charge in [-0.3, -0.25) is 0 Å². The zero-order chi connectivity index (χ0) is 12.7. The number of hydrogen-bond acceptors (Lipinski definition) is 1. The van der Waals surface area contributed by atoms with E-state index in [2.05, 4.69) is 12.1 Å². The van der Waals surface area contributed by atoms with E-state index in [4.69, 9.17) is 26.6 Å². The molecule has 0 aliphatic heterocycles. The highest BCUT2D eigenvalue weighted by Gasteiger charge is 1.99. The van der Waals surface area contributed by atoms with Gasteiger partial charge in [-0.05, 0) is 11.6 Å². The minimum atomic E-state index is -1.83. The van der Waals surface area contributed by atoms with E-state index in [1.807, 2.05) is 42.5 Å². The Morgan fingerprint density at radius 2 is 1.35 bits per heavy atom. The van der Waals surface area contributed by atoms with Gasteiger partial charge in [0.2, 0.25) is 0 Å². The van der Waals surface area contributed by atoms with Gasteiger partial charge in [-0.1, -0.05) is 60.1 Å². The Labute approximate surface area is 104 Å². The van der Waals surface area contributed by atoms with E-state index in [-0.39, 0.29) is 0 Å². The summed E-state index contributed by atoms with van der Waals surface area (Å²) in [4.78, 5) is 8.56. The first-order valence-electron chi connectivity index (χ1n) is 4.83. The first-order valence-corrected chi connectivity index (χ1v) is 5.21. The highest BCUT2D eigenvalue weighted by atomic mass is 35.5. The fraction of sp³-hybridized carbons (Fsp3) is 0. The molecule has 2 aromatic carbocycles. The van der Waals surface area contributed by atoms with Crippen LogP contribution in [-0.2, 0) is 0 Å². The first-order chi connectivity index (χ1) is 8.11. The van der Waals surface area contributed by atoms with Crippen LogP contribution in [0.3, 0.4) is 0 Å². The molecule has 0 heterocycles. The van der Waals surface area contributed by atoms with Crippen LogP contribution in [0, 0.1) is 0 Å². The second-order valence-electron chi connectivity index (χ2n) is 3.13. The van der Waals surface area contributed by atoms with E-state index in [1.54, 1.807) is 0 Å². The van der Waals surface area contributed by atoms with Crippen LogP contribution in [-0.4, -0.2) is 16.4 Å². The molecule has 3 nitrogen and oxygen atoms in total. The molecule has 2 aromatic rings. The van der Waals surface area contributed by atoms with Crippen molar-refractivity contribution in [2.24, 2.45) is 0 Å². The second-order valence-corrected chi connectivity index (χ2v) is 3.54. The van der Waals surface area contributed by atoms with Crippen molar-refractivity contribution in [1.29, 1.82) is 0 Å². The molecule has 4 heteroatoms. The highest BCUT2D eigenvalue weighted by molar-refractivity contribution is 6.33. The molecule has 0 saturated carbocycles. The lowest BCUT2D eigenvalue weighted by atomic mass is 10.1. The Hall–Kier alpha value is -2.00. The zero-order valence-electron chi connectivity index (χ0n) is 8.88. The van der Waals surface area contributed by atoms with Gasteiger partial charge < -0.3 is 10.2 Å². The predicted molar refractivity (Wildman–Crippen MR) is 67.5 cm³/mol. The maximum absolute atomic E-state index is 8.56. The van der Waals surface area contributed by atoms with Crippen LogP contribution in [0.25, 0.3) is 11.1 Å². The Balaban J connectivity index is 0.000000317. The lowest BCUT2D eigenvalue weighted by molar-refractivity contribution is 0.137. The van der Waals surface area contributed by atoms with Gasteiger partial charge in [0.05, 0.1) is 0 Å². The minimum Gasteiger partial charge on any atom is -0.450 e. The summed E-state index contributed by atoms with van der Waals surface area (Å²) in [5.74, 6) is 0. The van der Waals surface area contributed by atoms with Crippen LogP contribution in [0.15, 0.2) is 54.6 Å². The summed E-state index contributed by atoms with van der Waals surface area (Å²) >= 11 is 6.06. The van der Waals surface area contributed by atoms with Crippen molar-refractivity contribution < 1.29 is 15.0 Å². The Morgan fingerprint density at radius 3 is 1.88 bits per heavy atom. The lowest BCUT2D eigenvalue weighted by Gasteiger charge is -2.02. The molecule has 0 aromatic heterocycles. The van der Waals surface area contributed by atoms with Gasteiger partial charge in [0.25, 0.3) is 0 Å². The average Bonchev–Trinajstić information content (AvgIpc) is 2.30. The number of hydrogen-bond donors (Lipinski definition) is 2. The summed E-state index contributed by atoms with van der Waals surface area (Å²) in [6, 6.07) is 18.0. The molecule has 0 spiro atoms. The molecule has 0 radical (unpaired) electrons. The fourth-order valence-electron chi connectivity index (χ4n) is 1.31. The number of halogens is 1. The van der Waals surface area contributed by atoms with Crippen LogP contribution in [0.2, 0.25) is 5.02 Å². The molecule has 0 atom stereocenters. The lowest BCUT2D eigenvalue weighted by Crippen LogP contribution is -1.81. The summed E-state index contributed by atoms with van der Waals surface area (Å²) in [6.45, 7) is 0. The third-order valence-electron chi connectivity index (χ3n) is 1.96. The largest absolute Gasteiger partial charge is 0.503 e. The van der Waals surface area contributed by atoms with Crippen LogP contribution >= 0.6 is 11.6 Å². The van der Waals surface area contributed by atoms with Crippen molar-refractivity contribution in [2.45, 2.75) is 0 Å². The minimum absolute atomic E-state index is 0.800. The number of carbonyl (C=O) groups is 1. The SMILES string of the molecule is Clc1ccccc1-c1ccccc1.O=C(O)O. The molecule has 2 rings (SSSR count). The van der Waals surface area contributed by atoms with Crippen LogP contribution in [0.5, 0.6) is 0 Å². The van der Waals surface area contributed by atoms with Gasteiger partial charge in [0.1, 0.15) is 0 Å². The molecular weight excluding hydrogens is 240 g/mol. The quantitative estimate of drug-likeness (QED) is 0.796. The Morgan fingerprint density at radius 1 is 0.882 bits per heavy atom. The molecule has 0 saturated heterocycles. The molecule has 0 unspecified atom stereocenters. The molecule has 0 amide bonds. The van der Waals surface area contributed by atoms with Crippen LogP contribution in [0.1, 0.15) is 0 Å². The number of carboxylic acid groups (broad SMARTS) is 2. The smallest absolute Gasteiger partial charge is 0.450 e. The van der Waals surface area contributed by atoms with E-state index in [9.17, 15) is 0 Å². The molecular formula is C13H11ClO3. The summed E-state index contributed by atoms with van der Waals surface area (Å²) < 4.78 is 0. The van der Waals surface area contributed by atoms with Gasteiger partial charge >= 0.3 is 6.16 Å². The second kappa shape index (κ2) is 6.55. The van der Waals surface area contributed by atoms with Crippen LogP contribution < -0.4 is 0 Å². The van der Waals surface area contributed by atoms with E-state index in [0.29, 0.717) is 0 Å². The molecule has 88 valence electrons. The van der Waals surface area contributed by atoms with Crippen molar-refractivity contribution in [3.8, 4) is 11.1 Å². The third-order valence-corrected chi connectivity index (χ3v) is 2.29. The summed E-state index contributed by atoms with van der Waals surface area (Å²) in [7, 11) is 0. The van der Waals surface area contributed by atoms with Gasteiger partial charge in [0.15, 0.2) is 0 Å². The standard InChI is InChI=1S/C12H9Cl.CH2O3/c13-12-9-5-4-8-11(12)10-6-2-1-3-7-10;2-1(3)4/h1-9H;(H2,2,3,4). The van der Waals surface area contributed by atoms with Gasteiger partial charge in [-0.15, -0.1) is 0 Å². The van der Waals surface area contributed by atoms with Gasteiger partial charge in [-0.25, -0.2) is 4.79 Å². The molecule has 0 bridgehead atoms. The maximum atomic E-state index is 8.56. The van der Waals surface area contributed by atoms with Crippen molar-refractivity contribution in [2.75, 3.05) is 0 Å². The van der Waals surface area contributed by atoms with Crippen molar-refractivity contribution in [1.82, 2.24) is 0 Å². The van der Waals surface area contributed by atoms with Crippen molar-refractivity contribution in [3.05, 3.63) is 59.6 Å². The summed E-state index contributed by atoms with van der Waals surface area (Å²) in [5.41, 5.74) is 2.25.